The molecule has 0 aliphatic carbocycles. The minimum atomic E-state index is -3.60. The van der Waals surface area contributed by atoms with Crippen LogP contribution in [0.1, 0.15) is 25.3 Å². The predicted octanol–water partition coefficient (Wildman–Crippen LogP) is 2.78. The standard InChI is InChI=1S/C21H28N2O5S/c1-16(2)17-8-10-18(11-9-17)23(29(4,25)26)15-21(24)22-12-13-28-20-7-5-6-19(14-20)27-3/h5-11,14,16H,12-13,15H2,1-4H3,(H,22,24). The molecule has 2 rings (SSSR count). The van der Waals surface area contributed by atoms with Crippen LogP contribution >= 0.6 is 0 Å². The molecule has 7 nitrogen and oxygen atoms in total. The minimum Gasteiger partial charge on any atom is -0.497 e. The summed E-state index contributed by atoms with van der Waals surface area (Å²) < 4.78 is 36.1. The molecule has 1 N–H and O–H groups in total. The van der Waals surface area contributed by atoms with Gasteiger partial charge in [-0.2, -0.15) is 0 Å². The Morgan fingerprint density at radius 3 is 2.34 bits per heavy atom. The Morgan fingerprint density at radius 1 is 1.10 bits per heavy atom. The smallest absolute Gasteiger partial charge is 0.240 e. The van der Waals surface area contributed by atoms with Crippen molar-refractivity contribution in [2.24, 2.45) is 0 Å². The normalized spacial score (nSPS) is 11.2. The fourth-order valence-electron chi connectivity index (χ4n) is 2.66. The number of amides is 1. The molecule has 0 aromatic heterocycles. The Kier molecular flexibility index (Phi) is 7.90. The van der Waals surface area contributed by atoms with Gasteiger partial charge in [0.1, 0.15) is 24.7 Å². The molecule has 0 saturated carbocycles. The summed E-state index contributed by atoms with van der Waals surface area (Å²) in [5.41, 5.74) is 1.56. The van der Waals surface area contributed by atoms with Crippen LogP contribution in [0.25, 0.3) is 0 Å². The highest BCUT2D eigenvalue weighted by molar-refractivity contribution is 7.92. The lowest BCUT2D eigenvalue weighted by Gasteiger charge is -2.22. The van der Waals surface area contributed by atoms with E-state index in [-0.39, 0.29) is 19.7 Å². The molecule has 29 heavy (non-hydrogen) atoms. The van der Waals surface area contributed by atoms with Gasteiger partial charge in [-0.1, -0.05) is 32.0 Å². The summed E-state index contributed by atoms with van der Waals surface area (Å²) >= 11 is 0. The van der Waals surface area contributed by atoms with Gasteiger partial charge in [-0.05, 0) is 35.7 Å². The van der Waals surface area contributed by atoms with E-state index >= 15 is 0 Å². The molecule has 2 aromatic carbocycles. The number of carbonyl (C=O) groups is 1. The van der Waals surface area contributed by atoms with Gasteiger partial charge in [0.2, 0.25) is 15.9 Å². The Hall–Kier alpha value is -2.74. The molecule has 158 valence electrons. The zero-order valence-corrected chi connectivity index (χ0v) is 18.0. The van der Waals surface area contributed by atoms with Crippen molar-refractivity contribution in [3.63, 3.8) is 0 Å². The summed E-state index contributed by atoms with van der Waals surface area (Å²) in [6.07, 6.45) is 1.09. The van der Waals surface area contributed by atoms with Crippen LogP contribution in [0.4, 0.5) is 5.69 Å². The first-order valence-corrected chi connectivity index (χ1v) is 11.2. The molecule has 2 aromatic rings. The highest BCUT2D eigenvalue weighted by Gasteiger charge is 2.20. The number of methoxy groups -OCH3 is 1. The Balaban J connectivity index is 1.91. The zero-order valence-electron chi connectivity index (χ0n) is 17.2. The molecular weight excluding hydrogens is 392 g/mol. The third-order valence-electron chi connectivity index (χ3n) is 4.27. The number of anilines is 1. The number of hydrogen-bond acceptors (Lipinski definition) is 5. The third kappa shape index (κ3) is 6.98. The van der Waals surface area contributed by atoms with Crippen LogP contribution in [0.2, 0.25) is 0 Å². The number of rotatable bonds is 10. The summed E-state index contributed by atoms with van der Waals surface area (Å²) in [6, 6.07) is 14.3. The average Bonchev–Trinajstić information content (AvgIpc) is 2.69. The van der Waals surface area contributed by atoms with Crippen molar-refractivity contribution in [2.45, 2.75) is 19.8 Å². The second kappa shape index (κ2) is 10.2. The van der Waals surface area contributed by atoms with Crippen LogP contribution in [0, 0.1) is 0 Å². The van der Waals surface area contributed by atoms with Crippen LogP contribution < -0.4 is 19.1 Å². The Bertz CT molecular complexity index is 911. The van der Waals surface area contributed by atoms with Crippen molar-refractivity contribution in [1.29, 1.82) is 0 Å². The van der Waals surface area contributed by atoms with E-state index in [1.54, 1.807) is 37.4 Å². The molecule has 1 amide bonds. The van der Waals surface area contributed by atoms with E-state index in [4.69, 9.17) is 9.47 Å². The van der Waals surface area contributed by atoms with Gasteiger partial charge in [-0.25, -0.2) is 8.42 Å². The largest absolute Gasteiger partial charge is 0.497 e. The molecule has 8 heteroatoms. The van der Waals surface area contributed by atoms with Crippen LogP contribution in [0.15, 0.2) is 48.5 Å². The summed E-state index contributed by atoms with van der Waals surface area (Å²) in [5.74, 6) is 1.24. The van der Waals surface area contributed by atoms with Gasteiger partial charge in [-0.3, -0.25) is 9.10 Å². The summed E-state index contributed by atoms with van der Waals surface area (Å²) in [4.78, 5) is 12.3. The summed E-state index contributed by atoms with van der Waals surface area (Å²) in [6.45, 7) is 4.33. The third-order valence-corrected chi connectivity index (χ3v) is 5.41. The number of nitrogens with one attached hydrogen (secondary N) is 1. The summed E-state index contributed by atoms with van der Waals surface area (Å²) in [5, 5.41) is 2.68. The average molecular weight is 421 g/mol. The molecule has 0 heterocycles. The molecule has 0 bridgehead atoms. The maximum atomic E-state index is 12.3. The molecule has 0 unspecified atom stereocenters. The van der Waals surface area contributed by atoms with Crippen molar-refractivity contribution in [3.8, 4) is 11.5 Å². The molecule has 0 fully saturated rings. The molecule has 0 aliphatic heterocycles. The van der Waals surface area contributed by atoms with Gasteiger partial charge in [-0.15, -0.1) is 0 Å². The lowest BCUT2D eigenvalue weighted by molar-refractivity contribution is -0.119. The van der Waals surface area contributed by atoms with Crippen molar-refractivity contribution < 1.29 is 22.7 Å². The maximum Gasteiger partial charge on any atom is 0.240 e. The van der Waals surface area contributed by atoms with Crippen LogP contribution in [-0.4, -0.2) is 47.4 Å². The van der Waals surface area contributed by atoms with E-state index < -0.39 is 15.9 Å². The van der Waals surface area contributed by atoms with E-state index in [9.17, 15) is 13.2 Å². The highest BCUT2D eigenvalue weighted by atomic mass is 32.2. The monoisotopic (exact) mass is 420 g/mol. The van der Waals surface area contributed by atoms with Gasteiger partial charge < -0.3 is 14.8 Å². The van der Waals surface area contributed by atoms with E-state index in [0.717, 1.165) is 16.1 Å². The van der Waals surface area contributed by atoms with Crippen LogP contribution in [0.5, 0.6) is 11.5 Å². The lowest BCUT2D eigenvalue weighted by Crippen LogP contribution is -2.41. The first kappa shape index (κ1) is 22.5. The number of nitrogens with zero attached hydrogens (tertiary/aromatic N) is 1. The fraction of sp³-hybridized carbons (Fsp3) is 0.381. The number of benzene rings is 2. The maximum absolute atomic E-state index is 12.3. The first-order chi connectivity index (χ1) is 13.7. The summed E-state index contributed by atoms with van der Waals surface area (Å²) in [7, 11) is -2.03. The highest BCUT2D eigenvalue weighted by Crippen LogP contribution is 2.22. The van der Waals surface area contributed by atoms with E-state index in [1.165, 1.54) is 0 Å². The van der Waals surface area contributed by atoms with Crippen LogP contribution in [0.3, 0.4) is 0 Å². The Morgan fingerprint density at radius 2 is 1.76 bits per heavy atom. The molecule has 0 atom stereocenters. The molecule has 0 aliphatic rings. The molecule has 0 saturated heterocycles. The van der Waals surface area contributed by atoms with Gasteiger partial charge in [0.25, 0.3) is 0 Å². The molecule has 0 spiro atoms. The number of hydrogen-bond donors (Lipinski definition) is 1. The van der Waals surface area contributed by atoms with Gasteiger partial charge in [0.05, 0.1) is 25.6 Å². The van der Waals surface area contributed by atoms with Gasteiger partial charge in [0, 0.05) is 6.07 Å². The fourth-order valence-corrected chi connectivity index (χ4v) is 3.52. The number of sulfonamides is 1. The first-order valence-electron chi connectivity index (χ1n) is 9.32. The zero-order chi connectivity index (χ0) is 21.4. The van der Waals surface area contributed by atoms with Crippen molar-refractivity contribution in [2.75, 3.05) is 37.4 Å². The van der Waals surface area contributed by atoms with E-state index in [1.807, 2.05) is 18.2 Å². The van der Waals surface area contributed by atoms with Crippen molar-refractivity contribution >= 4 is 21.6 Å². The van der Waals surface area contributed by atoms with Crippen molar-refractivity contribution in [3.05, 3.63) is 54.1 Å². The second-order valence-electron chi connectivity index (χ2n) is 6.89. The number of ether oxygens (including phenoxy) is 2. The van der Waals surface area contributed by atoms with Gasteiger partial charge in [0.15, 0.2) is 0 Å². The van der Waals surface area contributed by atoms with E-state index in [2.05, 4.69) is 19.2 Å². The quantitative estimate of drug-likeness (QED) is 0.598. The Labute approximate surface area is 172 Å². The predicted molar refractivity (Wildman–Crippen MR) is 114 cm³/mol. The second-order valence-corrected chi connectivity index (χ2v) is 8.80. The minimum absolute atomic E-state index is 0.250. The topological polar surface area (TPSA) is 84.9 Å². The van der Waals surface area contributed by atoms with E-state index in [0.29, 0.717) is 23.1 Å². The van der Waals surface area contributed by atoms with Gasteiger partial charge >= 0.3 is 0 Å². The SMILES string of the molecule is COc1cccc(OCCNC(=O)CN(c2ccc(C(C)C)cc2)S(C)(=O)=O)c1. The molecular formula is C21H28N2O5S. The van der Waals surface area contributed by atoms with Crippen molar-refractivity contribution in [1.82, 2.24) is 5.32 Å². The lowest BCUT2D eigenvalue weighted by atomic mass is 10.0. The number of carbonyl (C=O) groups excluding carboxylic acids is 1. The van der Waals surface area contributed by atoms with Crippen LogP contribution in [-0.2, 0) is 14.8 Å². The molecule has 0 radical (unpaired) electrons.